The lowest BCUT2D eigenvalue weighted by Crippen LogP contribution is -2.05. The first kappa shape index (κ1) is 20.4. The molecule has 0 amide bonds. The molecule has 0 saturated heterocycles. The fourth-order valence-electron chi connectivity index (χ4n) is 3.75. The van der Waals surface area contributed by atoms with E-state index in [1.807, 2.05) is 30.3 Å². The van der Waals surface area contributed by atoms with Crippen LogP contribution in [0.1, 0.15) is 35.1 Å². The minimum absolute atomic E-state index is 0.325. The number of aryl methyl sites for hydroxylation is 1. The molecule has 0 atom stereocenters. The standard InChI is InChI=1S/C25H23BrN2O2/c1-3-7-23-27-24-21(26)10-6-11-22(24)28(23)16-17-12-14-18(15-13-17)19-8-4-5-9-20(19)25(29)30-2/h4-6,8-15H,3,7,16H2,1-2H3. The van der Waals surface area contributed by atoms with Crippen molar-refractivity contribution in [3.8, 4) is 11.1 Å². The van der Waals surface area contributed by atoms with Gasteiger partial charge in [0.1, 0.15) is 11.3 Å². The van der Waals surface area contributed by atoms with E-state index in [4.69, 9.17) is 9.72 Å². The molecule has 0 radical (unpaired) electrons. The summed E-state index contributed by atoms with van der Waals surface area (Å²) in [5.74, 6) is 0.772. The number of halogens is 1. The highest BCUT2D eigenvalue weighted by Gasteiger charge is 2.14. The van der Waals surface area contributed by atoms with Gasteiger partial charge in [-0.2, -0.15) is 0 Å². The number of esters is 1. The van der Waals surface area contributed by atoms with Gasteiger partial charge < -0.3 is 9.30 Å². The molecule has 152 valence electrons. The summed E-state index contributed by atoms with van der Waals surface area (Å²) in [4.78, 5) is 17.0. The number of rotatable bonds is 6. The van der Waals surface area contributed by atoms with E-state index in [1.165, 1.54) is 12.7 Å². The van der Waals surface area contributed by atoms with Gasteiger partial charge in [0.2, 0.25) is 0 Å². The van der Waals surface area contributed by atoms with Gasteiger partial charge in [-0.25, -0.2) is 9.78 Å². The summed E-state index contributed by atoms with van der Waals surface area (Å²) in [6.07, 6.45) is 1.98. The van der Waals surface area contributed by atoms with Crippen LogP contribution in [0.3, 0.4) is 0 Å². The second kappa shape index (κ2) is 8.84. The number of para-hydroxylation sites is 1. The Morgan fingerprint density at radius 1 is 1.03 bits per heavy atom. The van der Waals surface area contributed by atoms with Crippen LogP contribution in [0.4, 0.5) is 0 Å². The molecule has 3 aromatic carbocycles. The summed E-state index contributed by atoms with van der Waals surface area (Å²) >= 11 is 3.63. The van der Waals surface area contributed by atoms with E-state index in [1.54, 1.807) is 6.07 Å². The number of carbonyl (C=O) groups is 1. The lowest BCUT2D eigenvalue weighted by molar-refractivity contribution is 0.0601. The number of methoxy groups -OCH3 is 1. The van der Waals surface area contributed by atoms with Gasteiger partial charge in [0.15, 0.2) is 0 Å². The predicted molar refractivity (Wildman–Crippen MR) is 124 cm³/mol. The second-order valence-corrected chi connectivity index (χ2v) is 8.06. The zero-order valence-corrected chi connectivity index (χ0v) is 18.6. The van der Waals surface area contributed by atoms with Crippen molar-refractivity contribution in [2.45, 2.75) is 26.3 Å². The molecule has 1 aromatic heterocycles. The fourth-order valence-corrected chi connectivity index (χ4v) is 4.19. The number of benzene rings is 3. The van der Waals surface area contributed by atoms with E-state index in [0.29, 0.717) is 5.56 Å². The van der Waals surface area contributed by atoms with Crippen LogP contribution in [0.2, 0.25) is 0 Å². The third-order valence-electron chi connectivity index (χ3n) is 5.22. The van der Waals surface area contributed by atoms with Crippen molar-refractivity contribution in [1.82, 2.24) is 9.55 Å². The summed E-state index contributed by atoms with van der Waals surface area (Å²) < 4.78 is 8.24. The van der Waals surface area contributed by atoms with E-state index in [-0.39, 0.29) is 5.97 Å². The number of imidazole rings is 1. The molecule has 0 N–H and O–H groups in total. The number of carbonyl (C=O) groups excluding carboxylic acids is 1. The Balaban J connectivity index is 1.68. The Hall–Kier alpha value is -2.92. The third kappa shape index (κ3) is 3.90. The van der Waals surface area contributed by atoms with Crippen LogP contribution >= 0.6 is 15.9 Å². The zero-order chi connectivity index (χ0) is 21.1. The summed E-state index contributed by atoms with van der Waals surface area (Å²) in [5, 5.41) is 0. The van der Waals surface area contributed by atoms with Crippen LogP contribution in [0.25, 0.3) is 22.2 Å². The maximum absolute atomic E-state index is 12.1. The number of fused-ring (bicyclic) bond motifs is 1. The minimum Gasteiger partial charge on any atom is -0.465 e. The zero-order valence-electron chi connectivity index (χ0n) is 17.1. The topological polar surface area (TPSA) is 44.1 Å². The predicted octanol–water partition coefficient (Wildman–Crippen LogP) is 6.25. The van der Waals surface area contributed by atoms with Gasteiger partial charge in [0.25, 0.3) is 0 Å². The molecule has 4 aromatic rings. The smallest absolute Gasteiger partial charge is 0.338 e. The normalized spacial score (nSPS) is 11.0. The van der Waals surface area contributed by atoms with Crippen molar-refractivity contribution in [3.63, 3.8) is 0 Å². The number of nitrogens with zero attached hydrogens (tertiary/aromatic N) is 2. The molecule has 0 bridgehead atoms. The van der Waals surface area contributed by atoms with E-state index in [9.17, 15) is 4.79 Å². The van der Waals surface area contributed by atoms with E-state index in [0.717, 1.165) is 51.8 Å². The van der Waals surface area contributed by atoms with Crippen LogP contribution in [0, 0.1) is 0 Å². The molecule has 4 nitrogen and oxygen atoms in total. The molecule has 4 rings (SSSR count). The highest BCUT2D eigenvalue weighted by atomic mass is 79.9. The first-order valence-electron chi connectivity index (χ1n) is 10.0. The molecule has 5 heteroatoms. The largest absolute Gasteiger partial charge is 0.465 e. The molecule has 0 aliphatic carbocycles. The van der Waals surface area contributed by atoms with Crippen LogP contribution in [-0.4, -0.2) is 22.6 Å². The Labute approximate surface area is 184 Å². The Morgan fingerprint density at radius 2 is 1.80 bits per heavy atom. The Bertz CT molecular complexity index is 1200. The molecule has 0 aliphatic rings. The van der Waals surface area contributed by atoms with Crippen molar-refractivity contribution in [2.75, 3.05) is 7.11 Å². The monoisotopic (exact) mass is 462 g/mol. The van der Waals surface area contributed by atoms with Crippen LogP contribution < -0.4 is 0 Å². The summed E-state index contributed by atoms with van der Waals surface area (Å²) in [7, 11) is 1.41. The molecule has 0 spiro atoms. The van der Waals surface area contributed by atoms with E-state index in [2.05, 4.69) is 57.8 Å². The average molecular weight is 463 g/mol. The van der Waals surface area contributed by atoms with Gasteiger partial charge in [0, 0.05) is 17.4 Å². The van der Waals surface area contributed by atoms with Gasteiger partial charge in [-0.15, -0.1) is 0 Å². The minimum atomic E-state index is -0.325. The molecule has 30 heavy (non-hydrogen) atoms. The van der Waals surface area contributed by atoms with Gasteiger partial charge in [-0.05, 0) is 57.2 Å². The maximum atomic E-state index is 12.1. The average Bonchev–Trinajstić information content (AvgIpc) is 3.12. The Kier molecular flexibility index (Phi) is 6.00. The van der Waals surface area contributed by atoms with Crippen molar-refractivity contribution in [3.05, 3.63) is 88.2 Å². The molecule has 0 unspecified atom stereocenters. The quantitative estimate of drug-likeness (QED) is 0.318. The highest BCUT2D eigenvalue weighted by Crippen LogP contribution is 2.28. The molecule has 0 saturated carbocycles. The van der Waals surface area contributed by atoms with E-state index < -0.39 is 0 Å². The Morgan fingerprint density at radius 3 is 2.53 bits per heavy atom. The van der Waals surface area contributed by atoms with Crippen LogP contribution in [0.15, 0.2) is 71.2 Å². The third-order valence-corrected chi connectivity index (χ3v) is 5.86. The second-order valence-electron chi connectivity index (χ2n) is 7.21. The lowest BCUT2D eigenvalue weighted by Gasteiger charge is -2.11. The molecular weight excluding hydrogens is 440 g/mol. The van der Waals surface area contributed by atoms with Crippen molar-refractivity contribution in [1.29, 1.82) is 0 Å². The van der Waals surface area contributed by atoms with Gasteiger partial charge in [0.05, 0.1) is 18.2 Å². The first-order valence-corrected chi connectivity index (χ1v) is 10.8. The molecule has 1 heterocycles. The van der Waals surface area contributed by atoms with Gasteiger partial charge in [-0.3, -0.25) is 0 Å². The number of hydrogen-bond donors (Lipinski definition) is 0. The van der Waals surface area contributed by atoms with Crippen molar-refractivity contribution < 1.29 is 9.53 Å². The fraction of sp³-hybridized carbons (Fsp3) is 0.200. The molecular formula is C25H23BrN2O2. The maximum Gasteiger partial charge on any atom is 0.338 e. The summed E-state index contributed by atoms with van der Waals surface area (Å²) in [5.41, 5.74) is 5.76. The molecule has 0 fully saturated rings. The van der Waals surface area contributed by atoms with Crippen molar-refractivity contribution >= 4 is 32.9 Å². The van der Waals surface area contributed by atoms with Crippen LogP contribution in [-0.2, 0) is 17.7 Å². The number of aromatic nitrogens is 2. The van der Waals surface area contributed by atoms with Gasteiger partial charge >= 0.3 is 5.97 Å². The highest BCUT2D eigenvalue weighted by molar-refractivity contribution is 9.10. The lowest BCUT2D eigenvalue weighted by atomic mass is 9.98. The SMILES string of the molecule is CCCc1nc2c(Br)cccc2n1Cc1ccc(-c2ccccc2C(=O)OC)cc1. The number of ether oxygens (including phenoxy) is 1. The summed E-state index contributed by atoms with van der Waals surface area (Å²) in [6.45, 7) is 2.92. The van der Waals surface area contributed by atoms with E-state index >= 15 is 0 Å². The number of hydrogen-bond acceptors (Lipinski definition) is 3. The van der Waals surface area contributed by atoms with Crippen molar-refractivity contribution in [2.24, 2.45) is 0 Å². The van der Waals surface area contributed by atoms with Gasteiger partial charge in [-0.1, -0.05) is 55.5 Å². The summed E-state index contributed by atoms with van der Waals surface area (Å²) in [6, 6.07) is 22.1. The van der Waals surface area contributed by atoms with Crippen LogP contribution in [0.5, 0.6) is 0 Å². The molecule has 0 aliphatic heterocycles. The first-order chi connectivity index (χ1) is 14.6.